The molecule has 1 rings (SSSR count). The SMILES string of the molecule is CCNC(=NCCCCN1CCC(C(N)=O)CC1)NCCN(C(C)C)C(C)C.I. The number of guanidine groups is 1. The number of nitrogens with zero attached hydrogens (tertiary/aromatic N) is 3. The summed E-state index contributed by atoms with van der Waals surface area (Å²) in [4.78, 5) is 20.9. The number of aliphatic imine (C=N–C) groups is 1. The van der Waals surface area contributed by atoms with Gasteiger partial charge in [0.25, 0.3) is 0 Å². The number of piperidine rings is 1. The van der Waals surface area contributed by atoms with Gasteiger partial charge >= 0.3 is 0 Å². The van der Waals surface area contributed by atoms with Crippen molar-refractivity contribution < 1.29 is 4.79 Å². The summed E-state index contributed by atoms with van der Waals surface area (Å²) in [5.74, 6) is 0.858. The third-order valence-corrected chi connectivity index (χ3v) is 5.48. The lowest BCUT2D eigenvalue weighted by atomic mass is 9.96. The van der Waals surface area contributed by atoms with Gasteiger partial charge in [0, 0.05) is 44.2 Å². The average molecular weight is 525 g/mol. The molecule has 1 heterocycles. The first-order valence-corrected chi connectivity index (χ1v) is 11.1. The molecule has 0 aromatic rings. The number of carbonyl (C=O) groups excluding carboxylic acids is 1. The molecule has 0 radical (unpaired) electrons. The quantitative estimate of drug-likeness (QED) is 0.158. The molecule has 172 valence electrons. The zero-order valence-corrected chi connectivity index (χ0v) is 21.6. The smallest absolute Gasteiger partial charge is 0.220 e. The molecule has 1 saturated heterocycles. The van der Waals surface area contributed by atoms with Gasteiger partial charge < -0.3 is 21.3 Å². The van der Waals surface area contributed by atoms with Crippen molar-refractivity contribution in [2.75, 3.05) is 45.8 Å². The van der Waals surface area contributed by atoms with Gasteiger partial charge in [0.15, 0.2) is 5.96 Å². The van der Waals surface area contributed by atoms with E-state index >= 15 is 0 Å². The first kappa shape index (κ1) is 28.4. The molecule has 8 heteroatoms. The third-order valence-electron chi connectivity index (χ3n) is 5.48. The van der Waals surface area contributed by atoms with Crippen LogP contribution in [0, 0.1) is 5.92 Å². The van der Waals surface area contributed by atoms with E-state index in [1.807, 2.05) is 0 Å². The number of likely N-dealkylation sites (tertiary alicyclic amines) is 1. The fourth-order valence-electron chi connectivity index (χ4n) is 3.84. The second kappa shape index (κ2) is 16.1. The van der Waals surface area contributed by atoms with E-state index in [4.69, 9.17) is 10.7 Å². The lowest BCUT2D eigenvalue weighted by Gasteiger charge is -2.30. The van der Waals surface area contributed by atoms with Gasteiger partial charge in [0.2, 0.25) is 5.91 Å². The number of halogens is 1. The second-order valence-corrected chi connectivity index (χ2v) is 8.34. The van der Waals surface area contributed by atoms with Crippen molar-refractivity contribution in [2.45, 2.75) is 72.4 Å². The fourth-order valence-corrected chi connectivity index (χ4v) is 3.84. The maximum Gasteiger partial charge on any atom is 0.220 e. The average Bonchev–Trinajstić information content (AvgIpc) is 2.64. The molecule has 0 spiro atoms. The number of hydrogen-bond acceptors (Lipinski definition) is 4. The van der Waals surface area contributed by atoms with Crippen LogP contribution in [0.2, 0.25) is 0 Å². The molecular weight excluding hydrogens is 479 g/mol. The summed E-state index contributed by atoms with van der Waals surface area (Å²) in [5, 5.41) is 6.80. The maximum absolute atomic E-state index is 11.2. The first-order chi connectivity index (χ1) is 13.3. The van der Waals surface area contributed by atoms with Gasteiger partial charge in [-0.3, -0.25) is 14.7 Å². The van der Waals surface area contributed by atoms with Crippen LogP contribution in [0.3, 0.4) is 0 Å². The van der Waals surface area contributed by atoms with E-state index in [1.54, 1.807) is 0 Å². The normalized spacial score (nSPS) is 16.3. The maximum atomic E-state index is 11.2. The van der Waals surface area contributed by atoms with Crippen molar-refractivity contribution in [3.63, 3.8) is 0 Å². The Labute approximate surface area is 195 Å². The van der Waals surface area contributed by atoms with Gasteiger partial charge in [0.05, 0.1) is 0 Å². The van der Waals surface area contributed by atoms with Gasteiger partial charge in [-0.15, -0.1) is 24.0 Å². The van der Waals surface area contributed by atoms with Crippen molar-refractivity contribution in [3.05, 3.63) is 0 Å². The molecule has 1 fully saturated rings. The lowest BCUT2D eigenvalue weighted by molar-refractivity contribution is -0.123. The van der Waals surface area contributed by atoms with Crippen molar-refractivity contribution in [1.29, 1.82) is 0 Å². The standard InChI is InChI=1S/C21H44N6O.HI/c1-6-23-21(25-12-16-27(17(2)3)18(4)5)24-11-7-8-13-26-14-9-19(10-15-26)20(22)28;/h17-19H,6-16H2,1-5H3,(H2,22,28)(H2,23,24,25);1H. The zero-order valence-electron chi connectivity index (χ0n) is 19.2. The summed E-state index contributed by atoms with van der Waals surface area (Å²) in [6, 6.07) is 1.10. The Morgan fingerprint density at radius 2 is 1.76 bits per heavy atom. The predicted octanol–water partition coefficient (Wildman–Crippen LogP) is 2.26. The number of carbonyl (C=O) groups is 1. The van der Waals surface area contributed by atoms with E-state index in [1.165, 1.54) is 0 Å². The van der Waals surface area contributed by atoms with E-state index in [9.17, 15) is 4.79 Å². The van der Waals surface area contributed by atoms with E-state index in [2.05, 4.69) is 55.1 Å². The van der Waals surface area contributed by atoms with Crippen LogP contribution in [0.25, 0.3) is 0 Å². The predicted molar refractivity (Wildman–Crippen MR) is 134 cm³/mol. The Morgan fingerprint density at radius 3 is 2.28 bits per heavy atom. The fraction of sp³-hybridized carbons (Fsp3) is 0.905. The number of nitrogens with two attached hydrogens (primary N) is 1. The Kier molecular flexibility index (Phi) is 15.8. The van der Waals surface area contributed by atoms with Crippen molar-refractivity contribution in [2.24, 2.45) is 16.6 Å². The van der Waals surface area contributed by atoms with Crippen LogP contribution in [-0.4, -0.2) is 79.6 Å². The van der Waals surface area contributed by atoms with Gasteiger partial charge in [-0.1, -0.05) is 0 Å². The molecule has 0 saturated carbocycles. The summed E-state index contributed by atoms with van der Waals surface area (Å²) in [6.07, 6.45) is 4.03. The van der Waals surface area contributed by atoms with Crippen molar-refractivity contribution >= 4 is 35.8 Å². The highest BCUT2D eigenvalue weighted by Gasteiger charge is 2.22. The number of primary amides is 1. The highest BCUT2D eigenvalue weighted by Crippen LogP contribution is 2.16. The summed E-state index contributed by atoms with van der Waals surface area (Å²) in [7, 11) is 0. The minimum atomic E-state index is -0.137. The van der Waals surface area contributed by atoms with E-state index in [0.29, 0.717) is 12.1 Å². The minimum absolute atomic E-state index is 0. The molecule has 4 N–H and O–H groups in total. The van der Waals surface area contributed by atoms with Crippen LogP contribution in [0.1, 0.15) is 60.3 Å². The van der Waals surface area contributed by atoms with Gasteiger partial charge in [-0.25, -0.2) is 0 Å². The van der Waals surface area contributed by atoms with Gasteiger partial charge in [-0.2, -0.15) is 0 Å². The number of rotatable bonds is 12. The number of hydrogen-bond donors (Lipinski definition) is 3. The molecule has 1 aliphatic rings. The zero-order chi connectivity index (χ0) is 20.9. The van der Waals surface area contributed by atoms with Gasteiger partial charge in [-0.05, 0) is 79.9 Å². The monoisotopic (exact) mass is 524 g/mol. The van der Waals surface area contributed by atoms with E-state index in [0.717, 1.165) is 77.5 Å². The number of amides is 1. The number of unbranched alkanes of at least 4 members (excludes halogenated alkanes) is 1. The third kappa shape index (κ3) is 12.0. The minimum Gasteiger partial charge on any atom is -0.369 e. The molecule has 29 heavy (non-hydrogen) atoms. The summed E-state index contributed by atoms with van der Waals surface area (Å²) < 4.78 is 0. The molecule has 0 aromatic heterocycles. The van der Waals surface area contributed by atoms with Crippen LogP contribution in [0.5, 0.6) is 0 Å². The molecule has 7 nitrogen and oxygen atoms in total. The summed E-state index contributed by atoms with van der Waals surface area (Å²) in [5.41, 5.74) is 5.40. The molecule has 0 aliphatic carbocycles. The van der Waals surface area contributed by atoms with Crippen LogP contribution in [-0.2, 0) is 4.79 Å². The Balaban J connectivity index is 0.00000784. The molecule has 0 atom stereocenters. The molecular formula is C21H45IN6O. The molecule has 0 aromatic carbocycles. The Morgan fingerprint density at radius 1 is 1.14 bits per heavy atom. The van der Waals surface area contributed by atoms with Crippen LogP contribution < -0.4 is 16.4 Å². The highest BCUT2D eigenvalue weighted by molar-refractivity contribution is 14.0. The topological polar surface area (TPSA) is 86.0 Å². The van der Waals surface area contributed by atoms with Crippen LogP contribution in [0.4, 0.5) is 0 Å². The molecule has 1 amide bonds. The Bertz CT molecular complexity index is 456. The molecule has 0 bridgehead atoms. The second-order valence-electron chi connectivity index (χ2n) is 8.34. The van der Waals surface area contributed by atoms with E-state index < -0.39 is 0 Å². The van der Waals surface area contributed by atoms with E-state index in [-0.39, 0.29) is 35.8 Å². The van der Waals surface area contributed by atoms with Crippen molar-refractivity contribution in [3.8, 4) is 0 Å². The summed E-state index contributed by atoms with van der Waals surface area (Å²) in [6.45, 7) is 17.8. The lowest BCUT2D eigenvalue weighted by Crippen LogP contribution is -2.45. The number of nitrogens with one attached hydrogen (secondary N) is 2. The Hall–Kier alpha value is -0.610. The van der Waals surface area contributed by atoms with Crippen molar-refractivity contribution in [1.82, 2.24) is 20.4 Å². The molecule has 1 aliphatic heterocycles. The largest absolute Gasteiger partial charge is 0.369 e. The molecule has 0 unspecified atom stereocenters. The van der Waals surface area contributed by atoms with Crippen LogP contribution >= 0.6 is 24.0 Å². The van der Waals surface area contributed by atoms with Crippen LogP contribution in [0.15, 0.2) is 4.99 Å². The first-order valence-electron chi connectivity index (χ1n) is 11.1. The highest BCUT2D eigenvalue weighted by atomic mass is 127. The summed E-state index contributed by atoms with van der Waals surface area (Å²) >= 11 is 0. The van der Waals surface area contributed by atoms with Gasteiger partial charge in [0.1, 0.15) is 0 Å².